The second-order valence-corrected chi connectivity index (χ2v) is 8.82. The molecule has 0 saturated heterocycles. The number of carbonyl (C=O) groups excluding carboxylic acids is 2. The van der Waals surface area contributed by atoms with Crippen LogP contribution in [0.5, 0.6) is 0 Å². The summed E-state index contributed by atoms with van der Waals surface area (Å²) in [6, 6.07) is 8.43. The Hall–Kier alpha value is -3.72. The maximum Gasteiger partial charge on any atom is 0.344 e. The Balaban J connectivity index is 1.77. The monoisotopic (exact) mass is 463 g/mol. The molecule has 0 radical (unpaired) electrons. The topological polar surface area (TPSA) is 88.6 Å². The first-order valence-corrected chi connectivity index (χ1v) is 10.8. The van der Waals surface area contributed by atoms with Gasteiger partial charge in [-0.05, 0) is 50.1 Å². The molecule has 0 unspecified atom stereocenters. The number of hydrogen-bond acceptors (Lipinski definition) is 5. The molecule has 33 heavy (non-hydrogen) atoms. The zero-order valence-electron chi connectivity index (χ0n) is 18.9. The summed E-state index contributed by atoms with van der Waals surface area (Å²) in [5.74, 6) is 0.414. The Labute approximate surface area is 195 Å². The summed E-state index contributed by atoms with van der Waals surface area (Å²) in [6.07, 6.45) is 1.85. The number of carbonyl (C=O) groups is 2. The lowest BCUT2D eigenvalue weighted by molar-refractivity contribution is 0.0983. The van der Waals surface area contributed by atoms with Crippen molar-refractivity contribution < 1.29 is 9.59 Å². The van der Waals surface area contributed by atoms with Gasteiger partial charge in [0, 0.05) is 30.9 Å². The SMILES string of the molecule is Cc1nn(C(=O)N(C)C)c2c1[C@H](c1ccc(Cl)cc1)N(c1cc(C)c3nnc(C)n3c1)C2=O. The van der Waals surface area contributed by atoms with Crippen molar-refractivity contribution >= 4 is 34.9 Å². The average molecular weight is 464 g/mol. The Bertz CT molecular complexity index is 1440. The van der Waals surface area contributed by atoms with Gasteiger partial charge in [-0.15, -0.1) is 10.2 Å². The largest absolute Gasteiger partial charge is 0.344 e. The van der Waals surface area contributed by atoms with Crippen LogP contribution in [0.25, 0.3) is 5.65 Å². The van der Waals surface area contributed by atoms with E-state index in [1.807, 2.05) is 49.6 Å². The number of amides is 2. The number of aromatic nitrogens is 5. The standard InChI is InChI=1S/C23H22ClN7O2/c1-12-10-17(11-29-14(3)25-26-21(12)29)30-19(15-6-8-16(24)9-7-15)18-13(2)27-31(20(18)22(30)32)23(33)28(4)5/h6-11,19H,1-5H3/t19-/m0/s1. The number of hydrogen-bond donors (Lipinski definition) is 0. The van der Waals surface area contributed by atoms with E-state index < -0.39 is 6.04 Å². The predicted molar refractivity (Wildman–Crippen MR) is 124 cm³/mol. The van der Waals surface area contributed by atoms with Crippen LogP contribution < -0.4 is 4.90 Å². The fourth-order valence-corrected chi connectivity index (χ4v) is 4.49. The zero-order chi connectivity index (χ0) is 23.6. The molecule has 0 spiro atoms. The highest BCUT2D eigenvalue weighted by atomic mass is 35.5. The summed E-state index contributed by atoms with van der Waals surface area (Å²) in [5.41, 5.74) is 4.74. The maximum atomic E-state index is 13.9. The van der Waals surface area contributed by atoms with Gasteiger partial charge in [0.1, 0.15) is 11.5 Å². The molecule has 0 fully saturated rings. The molecule has 1 aliphatic heterocycles. The van der Waals surface area contributed by atoms with Crippen molar-refractivity contribution in [1.82, 2.24) is 29.3 Å². The second-order valence-electron chi connectivity index (χ2n) is 8.39. The zero-order valence-corrected chi connectivity index (χ0v) is 19.6. The Morgan fingerprint density at radius 2 is 1.79 bits per heavy atom. The van der Waals surface area contributed by atoms with Crippen molar-refractivity contribution in [2.24, 2.45) is 0 Å². The van der Waals surface area contributed by atoms with Crippen molar-refractivity contribution in [3.05, 3.63) is 75.5 Å². The molecule has 10 heteroatoms. The number of anilines is 1. The third-order valence-corrected chi connectivity index (χ3v) is 6.18. The number of pyridine rings is 1. The smallest absolute Gasteiger partial charge is 0.329 e. The van der Waals surface area contributed by atoms with Gasteiger partial charge < -0.3 is 4.90 Å². The Kier molecular flexibility index (Phi) is 4.75. The molecule has 0 bridgehead atoms. The maximum absolute atomic E-state index is 13.9. The van der Waals surface area contributed by atoms with E-state index in [9.17, 15) is 9.59 Å². The molecule has 168 valence electrons. The van der Waals surface area contributed by atoms with Crippen LogP contribution in [0.1, 0.15) is 44.7 Å². The van der Waals surface area contributed by atoms with Gasteiger partial charge in [-0.3, -0.25) is 14.1 Å². The van der Waals surface area contributed by atoms with Crippen molar-refractivity contribution in [1.29, 1.82) is 0 Å². The number of halogens is 1. The fourth-order valence-electron chi connectivity index (χ4n) is 4.37. The number of benzene rings is 1. The molecule has 2 amide bonds. The summed E-state index contributed by atoms with van der Waals surface area (Å²) in [7, 11) is 3.26. The normalized spacial score (nSPS) is 15.4. The Morgan fingerprint density at radius 3 is 2.45 bits per heavy atom. The van der Waals surface area contributed by atoms with E-state index in [1.165, 1.54) is 9.58 Å². The van der Waals surface area contributed by atoms with Gasteiger partial charge in [-0.1, -0.05) is 23.7 Å². The average Bonchev–Trinajstić information content (AvgIpc) is 3.41. The van der Waals surface area contributed by atoms with Crippen molar-refractivity contribution in [2.75, 3.05) is 19.0 Å². The van der Waals surface area contributed by atoms with E-state index in [4.69, 9.17) is 11.6 Å². The van der Waals surface area contributed by atoms with Crippen LogP contribution in [-0.2, 0) is 0 Å². The second kappa shape index (κ2) is 7.41. The first-order chi connectivity index (χ1) is 15.7. The highest BCUT2D eigenvalue weighted by Gasteiger charge is 2.45. The van der Waals surface area contributed by atoms with Gasteiger partial charge in [0.05, 0.1) is 17.4 Å². The lowest BCUT2D eigenvalue weighted by Gasteiger charge is -2.27. The van der Waals surface area contributed by atoms with Crippen LogP contribution in [0.2, 0.25) is 5.02 Å². The minimum Gasteiger partial charge on any atom is -0.329 e. The van der Waals surface area contributed by atoms with Gasteiger partial charge in [-0.2, -0.15) is 9.78 Å². The highest BCUT2D eigenvalue weighted by molar-refractivity contribution is 6.30. The summed E-state index contributed by atoms with van der Waals surface area (Å²) in [5, 5.41) is 13.4. The molecule has 1 atom stereocenters. The number of rotatable bonds is 2. The first kappa shape index (κ1) is 21.1. The molecule has 1 aromatic carbocycles. The van der Waals surface area contributed by atoms with E-state index in [-0.39, 0.29) is 17.6 Å². The number of aryl methyl sites for hydroxylation is 3. The third-order valence-electron chi connectivity index (χ3n) is 5.93. The minimum atomic E-state index is -0.470. The molecule has 5 rings (SSSR count). The molecular formula is C23H22ClN7O2. The van der Waals surface area contributed by atoms with E-state index in [2.05, 4.69) is 15.3 Å². The van der Waals surface area contributed by atoms with E-state index >= 15 is 0 Å². The third kappa shape index (κ3) is 3.11. The molecular weight excluding hydrogens is 442 g/mol. The number of nitrogens with zero attached hydrogens (tertiary/aromatic N) is 7. The van der Waals surface area contributed by atoms with Gasteiger partial charge >= 0.3 is 6.03 Å². The lowest BCUT2D eigenvalue weighted by Crippen LogP contribution is -2.34. The lowest BCUT2D eigenvalue weighted by atomic mass is 9.99. The van der Waals surface area contributed by atoms with E-state index in [0.29, 0.717) is 27.8 Å². The predicted octanol–water partition coefficient (Wildman–Crippen LogP) is 3.78. The molecule has 4 heterocycles. The quantitative estimate of drug-likeness (QED) is 0.451. The van der Waals surface area contributed by atoms with E-state index in [1.54, 1.807) is 31.1 Å². The molecule has 0 aliphatic carbocycles. The summed E-state index contributed by atoms with van der Waals surface area (Å²) in [6.45, 7) is 5.61. The van der Waals surface area contributed by atoms with Gasteiger partial charge in [0.2, 0.25) is 0 Å². The van der Waals surface area contributed by atoms with Crippen molar-refractivity contribution in [3.63, 3.8) is 0 Å². The summed E-state index contributed by atoms with van der Waals surface area (Å²) < 4.78 is 3.06. The number of fused-ring (bicyclic) bond motifs is 2. The van der Waals surface area contributed by atoms with Gasteiger partial charge in [-0.25, -0.2) is 4.79 Å². The molecule has 9 nitrogen and oxygen atoms in total. The fraction of sp³-hybridized carbons (Fsp3) is 0.261. The van der Waals surface area contributed by atoms with Crippen molar-refractivity contribution in [2.45, 2.75) is 26.8 Å². The van der Waals surface area contributed by atoms with Crippen LogP contribution in [0.3, 0.4) is 0 Å². The van der Waals surface area contributed by atoms with E-state index in [0.717, 1.165) is 16.8 Å². The van der Waals surface area contributed by atoms with Crippen LogP contribution >= 0.6 is 11.6 Å². The minimum absolute atomic E-state index is 0.268. The molecule has 1 aliphatic rings. The van der Waals surface area contributed by atoms with Crippen LogP contribution in [0, 0.1) is 20.8 Å². The molecule has 4 aromatic rings. The van der Waals surface area contributed by atoms with Gasteiger partial charge in [0.15, 0.2) is 5.65 Å². The molecule has 0 saturated carbocycles. The van der Waals surface area contributed by atoms with Crippen LogP contribution in [-0.4, -0.2) is 55.3 Å². The first-order valence-electron chi connectivity index (χ1n) is 10.4. The van der Waals surface area contributed by atoms with Crippen LogP contribution in [0.4, 0.5) is 10.5 Å². The highest BCUT2D eigenvalue weighted by Crippen LogP contribution is 2.43. The summed E-state index contributed by atoms with van der Waals surface area (Å²) in [4.78, 5) is 29.9. The molecule has 0 N–H and O–H groups in total. The molecule has 3 aromatic heterocycles. The Morgan fingerprint density at radius 1 is 1.09 bits per heavy atom. The summed E-state index contributed by atoms with van der Waals surface area (Å²) >= 11 is 6.14. The van der Waals surface area contributed by atoms with Gasteiger partial charge in [0.25, 0.3) is 5.91 Å². The van der Waals surface area contributed by atoms with Crippen molar-refractivity contribution in [3.8, 4) is 0 Å². The van der Waals surface area contributed by atoms with Crippen LogP contribution in [0.15, 0.2) is 36.5 Å².